The summed E-state index contributed by atoms with van der Waals surface area (Å²) in [5, 5.41) is 20.6. The Morgan fingerprint density at radius 2 is 2.25 bits per heavy atom. The molecule has 9 heteroatoms. The molecule has 1 fully saturated rings. The maximum atomic E-state index is 12.2. The van der Waals surface area contributed by atoms with E-state index in [4.69, 9.17) is 10.3 Å². The van der Waals surface area contributed by atoms with E-state index in [0.717, 1.165) is 19.3 Å². The van der Waals surface area contributed by atoms with Crippen LogP contribution in [0.5, 0.6) is 0 Å². The van der Waals surface area contributed by atoms with Crippen LogP contribution in [0, 0.1) is 11.3 Å². The third kappa shape index (κ3) is 3.38. The molecule has 2 aromatic heterocycles. The molecule has 0 unspecified atom stereocenters. The lowest BCUT2D eigenvalue weighted by Crippen LogP contribution is -2.49. The minimum Gasteiger partial charge on any atom is -0.461 e. The zero-order chi connectivity index (χ0) is 17.0. The highest BCUT2D eigenvalue weighted by molar-refractivity contribution is 7.99. The predicted octanol–water partition coefficient (Wildman–Crippen LogP) is 1.69. The van der Waals surface area contributed by atoms with E-state index < -0.39 is 5.54 Å². The maximum Gasteiger partial charge on any atom is 0.231 e. The summed E-state index contributed by atoms with van der Waals surface area (Å²) in [4.78, 5) is 12.2. The number of aromatic nitrogens is 3. The molecule has 0 aromatic carbocycles. The Morgan fingerprint density at radius 1 is 1.46 bits per heavy atom. The number of nitrogens with two attached hydrogens (primary N) is 1. The van der Waals surface area contributed by atoms with Crippen LogP contribution in [0.25, 0.3) is 11.6 Å². The van der Waals surface area contributed by atoms with Gasteiger partial charge in [-0.05, 0) is 25.0 Å². The van der Waals surface area contributed by atoms with Crippen LogP contribution in [0.4, 0.5) is 0 Å². The molecule has 24 heavy (non-hydrogen) atoms. The lowest BCUT2D eigenvalue weighted by atomic mass is 9.83. The summed E-state index contributed by atoms with van der Waals surface area (Å²) in [6, 6.07) is 5.73. The van der Waals surface area contributed by atoms with Crippen LogP contribution in [0.2, 0.25) is 0 Å². The third-order valence-corrected chi connectivity index (χ3v) is 4.98. The number of furan rings is 1. The lowest BCUT2D eigenvalue weighted by molar-refractivity contribution is -0.120. The molecule has 0 atom stereocenters. The standard InChI is InChI=1S/C15H18N6O2S/c16-10-15(6-2-1-3-7-15)18-12(22)9-24-14-20-19-13(21(14)17)11-5-4-8-23-11/h4-5,8H,1-3,6-7,9,17H2,(H,18,22). The predicted molar refractivity (Wildman–Crippen MR) is 88.2 cm³/mol. The first-order chi connectivity index (χ1) is 11.6. The molecule has 2 aromatic rings. The number of rotatable bonds is 5. The molecule has 0 aliphatic heterocycles. The van der Waals surface area contributed by atoms with E-state index in [2.05, 4.69) is 21.6 Å². The summed E-state index contributed by atoms with van der Waals surface area (Å²) in [5.74, 6) is 6.76. The molecule has 3 rings (SSSR count). The first-order valence-electron chi connectivity index (χ1n) is 7.73. The normalized spacial score (nSPS) is 16.5. The molecular formula is C15H18N6O2S. The van der Waals surface area contributed by atoms with Crippen molar-refractivity contribution in [2.75, 3.05) is 11.6 Å². The van der Waals surface area contributed by atoms with E-state index in [9.17, 15) is 10.1 Å². The number of nitrogens with one attached hydrogen (secondary N) is 1. The molecule has 2 heterocycles. The van der Waals surface area contributed by atoms with Gasteiger partial charge >= 0.3 is 0 Å². The van der Waals surface area contributed by atoms with Crippen molar-refractivity contribution in [3.05, 3.63) is 18.4 Å². The molecule has 1 saturated carbocycles. The molecule has 0 spiro atoms. The van der Waals surface area contributed by atoms with Gasteiger partial charge in [-0.1, -0.05) is 31.0 Å². The van der Waals surface area contributed by atoms with Gasteiger partial charge in [0.05, 0.1) is 18.1 Å². The summed E-state index contributed by atoms with van der Waals surface area (Å²) in [6.45, 7) is 0. The Balaban J connectivity index is 1.60. The second-order valence-corrected chi connectivity index (χ2v) is 6.69. The molecule has 0 radical (unpaired) electrons. The van der Waals surface area contributed by atoms with E-state index in [-0.39, 0.29) is 11.7 Å². The second kappa shape index (κ2) is 6.97. The number of carbonyl (C=O) groups is 1. The molecule has 1 aliphatic carbocycles. The van der Waals surface area contributed by atoms with Gasteiger partial charge in [0.25, 0.3) is 0 Å². The van der Waals surface area contributed by atoms with Gasteiger partial charge in [0, 0.05) is 0 Å². The number of nitrogen functional groups attached to an aromatic ring is 1. The average Bonchev–Trinajstić information content (AvgIpc) is 3.23. The summed E-state index contributed by atoms with van der Waals surface area (Å²) in [5.41, 5.74) is -0.731. The van der Waals surface area contributed by atoms with E-state index in [0.29, 0.717) is 29.6 Å². The van der Waals surface area contributed by atoms with Crippen LogP contribution in [-0.2, 0) is 4.79 Å². The molecule has 3 N–H and O–H groups in total. The third-order valence-electron chi connectivity index (χ3n) is 4.04. The van der Waals surface area contributed by atoms with Gasteiger partial charge in [0.15, 0.2) is 5.76 Å². The maximum absolute atomic E-state index is 12.2. The Labute approximate surface area is 143 Å². The van der Waals surface area contributed by atoms with Crippen LogP contribution < -0.4 is 11.2 Å². The van der Waals surface area contributed by atoms with Crippen LogP contribution in [-0.4, -0.2) is 32.1 Å². The van der Waals surface area contributed by atoms with Gasteiger partial charge < -0.3 is 15.6 Å². The smallest absolute Gasteiger partial charge is 0.231 e. The van der Waals surface area contributed by atoms with Crippen LogP contribution >= 0.6 is 11.8 Å². The molecule has 0 bridgehead atoms. The fourth-order valence-corrected chi connectivity index (χ4v) is 3.46. The van der Waals surface area contributed by atoms with Crippen molar-refractivity contribution >= 4 is 17.7 Å². The van der Waals surface area contributed by atoms with Gasteiger partial charge in [0.2, 0.25) is 16.9 Å². The Bertz CT molecular complexity index is 743. The molecule has 1 amide bonds. The second-order valence-electron chi connectivity index (χ2n) is 5.74. The Kier molecular flexibility index (Phi) is 4.76. The van der Waals surface area contributed by atoms with Gasteiger partial charge in [-0.15, -0.1) is 10.2 Å². The average molecular weight is 346 g/mol. The fourth-order valence-electron chi connectivity index (χ4n) is 2.80. The van der Waals surface area contributed by atoms with Crippen LogP contribution in [0.1, 0.15) is 32.1 Å². The minimum atomic E-state index is -0.731. The van der Waals surface area contributed by atoms with E-state index in [1.807, 2.05) is 0 Å². The summed E-state index contributed by atoms with van der Waals surface area (Å²) in [7, 11) is 0. The van der Waals surface area contributed by atoms with Crippen molar-refractivity contribution in [1.82, 2.24) is 20.2 Å². The highest BCUT2D eigenvalue weighted by Gasteiger charge is 2.33. The largest absolute Gasteiger partial charge is 0.461 e. The molecule has 1 aliphatic rings. The molecular weight excluding hydrogens is 328 g/mol. The number of hydrogen-bond acceptors (Lipinski definition) is 7. The quantitative estimate of drug-likeness (QED) is 0.623. The zero-order valence-electron chi connectivity index (χ0n) is 13.1. The molecule has 126 valence electrons. The van der Waals surface area contributed by atoms with Crippen molar-refractivity contribution in [3.63, 3.8) is 0 Å². The van der Waals surface area contributed by atoms with Crippen molar-refractivity contribution in [1.29, 1.82) is 5.26 Å². The fraction of sp³-hybridized carbons (Fsp3) is 0.467. The number of hydrogen-bond donors (Lipinski definition) is 2. The number of amides is 1. The first-order valence-corrected chi connectivity index (χ1v) is 8.71. The first kappa shape index (κ1) is 16.4. The highest BCUT2D eigenvalue weighted by Crippen LogP contribution is 2.28. The summed E-state index contributed by atoms with van der Waals surface area (Å²) >= 11 is 1.17. The van der Waals surface area contributed by atoms with Crippen molar-refractivity contribution in [2.24, 2.45) is 0 Å². The number of thioether (sulfide) groups is 1. The van der Waals surface area contributed by atoms with E-state index in [1.165, 1.54) is 22.7 Å². The Hall–Kier alpha value is -2.47. The summed E-state index contributed by atoms with van der Waals surface area (Å²) < 4.78 is 6.53. The zero-order valence-corrected chi connectivity index (χ0v) is 13.9. The number of nitrogens with zero attached hydrogens (tertiary/aromatic N) is 4. The van der Waals surface area contributed by atoms with Crippen molar-refractivity contribution in [2.45, 2.75) is 42.8 Å². The minimum absolute atomic E-state index is 0.122. The number of nitriles is 1. The van der Waals surface area contributed by atoms with Gasteiger partial charge in [-0.2, -0.15) is 5.26 Å². The molecule has 8 nitrogen and oxygen atoms in total. The summed E-state index contributed by atoms with van der Waals surface area (Å²) in [6.07, 6.45) is 5.97. The van der Waals surface area contributed by atoms with Gasteiger partial charge in [-0.25, -0.2) is 4.68 Å². The van der Waals surface area contributed by atoms with Crippen LogP contribution in [0.15, 0.2) is 28.0 Å². The van der Waals surface area contributed by atoms with Crippen molar-refractivity contribution in [3.8, 4) is 17.7 Å². The highest BCUT2D eigenvalue weighted by atomic mass is 32.2. The van der Waals surface area contributed by atoms with Crippen LogP contribution in [0.3, 0.4) is 0 Å². The van der Waals surface area contributed by atoms with Gasteiger partial charge in [0.1, 0.15) is 5.54 Å². The van der Waals surface area contributed by atoms with E-state index in [1.54, 1.807) is 12.1 Å². The monoisotopic (exact) mass is 346 g/mol. The lowest BCUT2D eigenvalue weighted by Gasteiger charge is -2.31. The number of carbonyl (C=O) groups excluding carboxylic acids is 1. The van der Waals surface area contributed by atoms with E-state index >= 15 is 0 Å². The van der Waals surface area contributed by atoms with Crippen molar-refractivity contribution < 1.29 is 9.21 Å². The SMILES string of the molecule is N#CC1(NC(=O)CSc2nnc(-c3ccco3)n2N)CCCCC1. The van der Waals surface area contributed by atoms with Gasteiger partial charge in [-0.3, -0.25) is 4.79 Å². The Morgan fingerprint density at radius 3 is 2.92 bits per heavy atom. The topological polar surface area (TPSA) is 123 Å². The molecule has 0 saturated heterocycles.